The second-order valence-corrected chi connectivity index (χ2v) is 3.82. The van der Waals surface area contributed by atoms with E-state index in [0.717, 1.165) is 0 Å². The normalized spacial score (nSPS) is 9.55. The smallest absolute Gasteiger partial charge is 0.185 e. The number of nitrogens with one attached hydrogen (secondary N) is 1. The first-order chi connectivity index (χ1) is 9.62. The third-order valence-corrected chi connectivity index (χ3v) is 2.71. The van der Waals surface area contributed by atoms with Crippen molar-refractivity contribution in [1.29, 1.82) is 15.9 Å². The number of nitrogens with two attached hydrogens (primary N) is 1. The van der Waals surface area contributed by atoms with Crippen LogP contribution in [0.15, 0.2) is 24.3 Å². The number of anilines is 1. The van der Waals surface area contributed by atoms with Gasteiger partial charge in [-0.25, -0.2) is 4.68 Å². The van der Waals surface area contributed by atoms with E-state index >= 15 is 0 Å². The predicted octanol–water partition coefficient (Wildman–Crippen LogP) is 0.686. The molecule has 2 rings (SSSR count). The van der Waals surface area contributed by atoms with Gasteiger partial charge in [-0.3, -0.25) is 5.41 Å². The van der Waals surface area contributed by atoms with E-state index in [0.29, 0.717) is 11.4 Å². The Morgan fingerprint density at radius 1 is 1.25 bits per heavy atom. The maximum atomic E-state index is 9.05. The van der Waals surface area contributed by atoms with E-state index in [1.165, 1.54) is 4.68 Å². The number of methoxy groups -OCH3 is 1. The van der Waals surface area contributed by atoms with Crippen LogP contribution in [0.25, 0.3) is 5.69 Å². The zero-order chi connectivity index (χ0) is 14.7. The number of benzene rings is 1. The zero-order valence-electron chi connectivity index (χ0n) is 10.6. The molecule has 0 spiro atoms. The first-order valence-corrected chi connectivity index (χ1v) is 5.54. The number of nitrogens with zero attached hydrogens (tertiary/aromatic N) is 4. The average molecular weight is 266 g/mol. The molecule has 0 bridgehead atoms. The molecule has 2 aromatic rings. The van der Waals surface area contributed by atoms with Gasteiger partial charge in [0.25, 0.3) is 0 Å². The number of hydrogen-bond donors (Lipinski definition) is 2. The maximum Gasteiger partial charge on any atom is 0.185 e. The lowest BCUT2D eigenvalue weighted by molar-refractivity contribution is 0.414. The molecule has 1 heterocycles. The number of hydrogen-bond acceptors (Lipinski definition) is 6. The molecule has 7 heteroatoms. The van der Waals surface area contributed by atoms with Gasteiger partial charge in [-0.1, -0.05) is 0 Å². The highest BCUT2D eigenvalue weighted by molar-refractivity contribution is 5.59. The summed E-state index contributed by atoms with van der Waals surface area (Å²) in [6.07, 6.45) is 0. The topological polar surface area (TPSA) is 124 Å². The van der Waals surface area contributed by atoms with Gasteiger partial charge in [-0.15, -0.1) is 0 Å². The molecule has 0 saturated heterocycles. The van der Waals surface area contributed by atoms with E-state index in [2.05, 4.69) is 5.10 Å². The second-order valence-electron chi connectivity index (χ2n) is 3.82. The van der Waals surface area contributed by atoms with Crippen LogP contribution >= 0.6 is 0 Å². The standard InChI is InChI=1S/C13H10N6O/c1-20-9-4-2-8(3-5-9)19-13(17)10(6-14)12(16)11(7-15)18-19/h2-5,17H,16H2,1H3. The van der Waals surface area contributed by atoms with Crippen LogP contribution in [0.2, 0.25) is 0 Å². The van der Waals surface area contributed by atoms with Gasteiger partial charge in [-0.05, 0) is 24.3 Å². The quantitative estimate of drug-likeness (QED) is 0.827. The van der Waals surface area contributed by atoms with Crippen LogP contribution < -0.4 is 16.0 Å². The predicted molar refractivity (Wildman–Crippen MR) is 69.8 cm³/mol. The molecule has 0 saturated carbocycles. The number of nitrogen functional groups attached to an aromatic ring is 1. The Balaban J connectivity index is 2.72. The van der Waals surface area contributed by atoms with E-state index in [1.54, 1.807) is 31.4 Å². The molecule has 20 heavy (non-hydrogen) atoms. The van der Waals surface area contributed by atoms with Gasteiger partial charge in [0, 0.05) is 0 Å². The van der Waals surface area contributed by atoms with Gasteiger partial charge in [0.05, 0.1) is 18.5 Å². The summed E-state index contributed by atoms with van der Waals surface area (Å²) < 4.78 is 6.23. The van der Waals surface area contributed by atoms with E-state index in [9.17, 15) is 0 Å². The van der Waals surface area contributed by atoms with Crippen molar-refractivity contribution in [2.24, 2.45) is 0 Å². The monoisotopic (exact) mass is 266 g/mol. The lowest BCUT2D eigenvalue weighted by Gasteiger charge is -2.09. The zero-order valence-corrected chi connectivity index (χ0v) is 10.6. The summed E-state index contributed by atoms with van der Waals surface area (Å²) in [4.78, 5) is 0. The van der Waals surface area contributed by atoms with Gasteiger partial charge < -0.3 is 10.5 Å². The highest BCUT2D eigenvalue weighted by Crippen LogP contribution is 2.15. The first kappa shape index (κ1) is 13.1. The fraction of sp³-hybridized carbons (Fsp3) is 0.0769. The third-order valence-electron chi connectivity index (χ3n) is 2.71. The fourth-order valence-electron chi connectivity index (χ4n) is 1.66. The molecule has 7 nitrogen and oxygen atoms in total. The molecule has 0 amide bonds. The second kappa shape index (κ2) is 5.12. The number of rotatable bonds is 2. The van der Waals surface area contributed by atoms with Crippen LogP contribution in [0, 0.1) is 28.1 Å². The van der Waals surface area contributed by atoms with Crippen LogP contribution in [0.4, 0.5) is 5.69 Å². The summed E-state index contributed by atoms with van der Waals surface area (Å²) in [5.74, 6) is 0.650. The van der Waals surface area contributed by atoms with Crippen LogP contribution in [0.5, 0.6) is 5.75 Å². The summed E-state index contributed by atoms with van der Waals surface area (Å²) in [5, 5.41) is 30.0. The molecule has 0 unspecified atom stereocenters. The highest BCUT2D eigenvalue weighted by atomic mass is 16.5. The Bertz CT molecular complexity index is 792. The van der Waals surface area contributed by atoms with Crippen LogP contribution in [0.3, 0.4) is 0 Å². The van der Waals surface area contributed by atoms with Crippen molar-refractivity contribution in [3.05, 3.63) is 41.0 Å². The molecule has 0 atom stereocenters. The minimum absolute atomic E-state index is 0.0765. The van der Waals surface area contributed by atoms with Gasteiger partial charge >= 0.3 is 0 Å². The fourth-order valence-corrected chi connectivity index (χ4v) is 1.66. The molecule has 0 aliphatic rings. The van der Waals surface area contributed by atoms with Gasteiger partial charge in [0.15, 0.2) is 11.2 Å². The van der Waals surface area contributed by atoms with E-state index in [1.807, 2.05) is 12.1 Å². The van der Waals surface area contributed by atoms with Crippen molar-refractivity contribution < 1.29 is 4.74 Å². The van der Waals surface area contributed by atoms with Crippen LogP contribution in [0.1, 0.15) is 11.3 Å². The molecule has 1 aromatic carbocycles. The van der Waals surface area contributed by atoms with Crippen molar-refractivity contribution in [2.75, 3.05) is 12.8 Å². The minimum atomic E-state index is -0.172. The first-order valence-electron chi connectivity index (χ1n) is 5.54. The van der Waals surface area contributed by atoms with Gasteiger partial charge in [0.1, 0.15) is 23.5 Å². The molecule has 0 aliphatic heterocycles. The van der Waals surface area contributed by atoms with E-state index in [4.69, 9.17) is 26.4 Å². The van der Waals surface area contributed by atoms with Crippen molar-refractivity contribution in [1.82, 2.24) is 9.78 Å². The number of aromatic nitrogens is 2. The summed E-state index contributed by atoms with van der Waals surface area (Å²) in [6, 6.07) is 10.4. The minimum Gasteiger partial charge on any atom is -0.497 e. The van der Waals surface area contributed by atoms with E-state index in [-0.39, 0.29) is 22.4 Å². The van der Waals surface area contributed by atoms with Gasteiger partial charge in [0.2, 0.25) is 0 Å². The Kier molecular flexibility index (Phi) is 3.36. The number of nitriles is 2. The Hall–Kier alpha value is -3.32. The molecular formula is C13H10N6O. The van der Waals surface area contributed by atoms with Crippen molar-refractivity contribution in [3.63, 3.8) is 0 Å². The Morgan fingerprint density at radius 3 is 2.40 bits per heavy atom. The third kappa shape index (κ3) is 2.04. The largest absolute Gasteiger partial charge is 0.497 e. The van der Waals surface area contributed by atoms with Crippen LogP contribution in [-0.4, -0.2) is 16.9 Å². The summed E-state index contributed by atoms with van der Waals surface area (Å²) in [7, 11) is 1.54. The summed E-state index contributed by atoms with van der Waals surface area (Å²) in [5.41, 5.74) is 5.75. The molecule has 0 fully saturated rings. The molecule has 1 aromatic heterocycles. The Morgan fingerprint density at radius 2 is 1.90 bits per heavy atom. The average Bonchev–Trinajstić information content (AvgIpc) is 2.48. The highest BCUT2D eigenvalue weighted by Gasteiger charge is 2.13. The van der Waals surface area contributed by atoms with Crippen molar-refractivity contribution >= 4 is 5.69 Å². The summed E-state index contributed by atoms with van der Waals surface area (Å²) in [6.45, 7) is 0. The number of ether oxygens (including phenoxy) is 1. The summed E-state index contributed by atoms with van der Waals surface area (Å²) >= 11 is 0. The molecule has 98 valence electrons. The molecule has 0 aliphatic carbocycles. The molecular weight excluding hydrogens is 256 g/mol. The lowest BCUT2D eigenvalue weighted by atomic mass is 10.2. The van der Waals surface area contributed by atoms with Crippen LogP contribution in [-0.2, 0) is 0 Å². The van der Waals surface area contributed by atoms with Crippen molar-refractivity contribution in [2.45, 2.75) is 0 Å². The SMILES string of the molecule is COc1ccc(-n2nc(C#N)c(N)c(C#N)c2=N)cc1. The van der Waals surface area contributed by atoms with Gasteiger partial charge in [-0.2, -0.15) is 15.6 Å². The molecule has 3 N–H and O–H groups in total. The lowest BCUT2D eigenvalue weighted by Crippen LogP contribution is -2.26. The van der Waals surface area contributed by atoms with Crippen molar-refractivity contribution in [3.8, 4) is 23.6 Å². The molecule has 0 radical (unpaired) electrons. The van der Waals surface area contributed by atoms with E-state index < -0.39 is 0 Å². The Labute approximate surface area is 114 Å². The maximum absolute atomic E-state index is 9.05.